The van der Waals surface area contributed by atoms with Crippen LogP contribution >= 0.6 is 11.3 Å². The van der Waals surface area contributed by atoms with E-state index in [1.165, 1.54) is 59.5 Å². The van der Waals surface area contributed by atoms with Gasteiger partial charge in [0.25, 0.3) is 11.8 Å². The van der Waals surface area contributed by atoms with Gasteiger partial charge in [-0.2, -0.15) is 0 Å². The number of esters is 1. The second kappa shape index (κ2) is 10.0. The molecule has 0 aliphatic carbocycles. The van der Waals surface area contributed by atoms with Crippen molar-refractivity contribution in [1.29, 1.82) is 0 Å². The molecule has 0 bridgehead atoms. The molecule has 0 unspecified atom stereocenters. The van der Waals surface area contributed by atoms with Gasteiger partial charge in [-0.05, 0) is 53.9 Å². The van der Waals surface area contributed by atoms with Gasteiger partial charge >= 0.3 is 5.97 Å². The number of halogens is 1. The van der Waals surface area contributed by atoms with Crippen LogP contribution < -0.4 is 10.6 Å². The molecule has 0 atom stereocenters. The topological polar surface area (TPSA) is 115 Å². The average molecular weight is 479 g/mol. The van der Waals surface area contributed by atoms with Gasteiger partial charge in [-0.3, -0.25) is 14.4 Å². The first-order valence-electron chi connectivity index (χ1n) is 9.98. The van der Waals surface area contributed by atoms with Crippen molar-refractivity contribution in [3.63, 3.8) is 0 Å². The summed E-state index contributed by atoms with van der Waals surface area (Å²) in [4.78, 5) is 41.2. The van der Waals surface area contributed by atoms with Crippen molar-refractivity contribution < 1.29 is 23.5 Å². The maximum atomic E-state index is 13.8. The Balaban J connectivity index is 1.53. The van der Waals surface area contributed by atoms with Crippen LogP contribution in [0.3, 0.4) is 0 Å². The van der Waals surface area contributed by atoms with Crippen molar-refractivity contribution in [3.8, 4) is 16.4 Å². The van der Waals surface area contributed by atoms with E-state index in [4.69, 9.17) is 0 Å². The van der Waals surface area contributed by atoms with E-state index in [0.29, 0.717) is 22.8 Å². The number of nitrogens with zero attached hydrogens (tertiary/aromatic N) is 3. The van der Waals surface area contributed by atoms with Gasteiger partial charge in [0, 0.05) is 11.3 Å². The van der Waals surface area contributed by atoms with E-state index in [2.05, 4.69) is 25.5 Å². The first kappa shape index (κ1) is 22.8. The lowest BCUT2D eigenvalue weighted by molar-refractivity contribution is -0.139. The molecule has 172 valence electrons. The Morgan fingerprint density at radius 2 is 1.85 bits per heavy atom. The van der Waals surface area contributed by atoms with Crippen LogP contribution in [0.25, 0.3) is 16.4 Å². The molecular formula is C23H18FN5O4S. The highest BCUT2D eigenvalue weighted by atomic mass is 32.1. The molecule has 34 heavy (non-hydrogen) atoms. The molecule has 4 rings (SSSR count). The first-order valence-corrected chi connectivity index (χ1v) is 10.9. The summed E-state index contributed by atoms with van der Waals surface area (Å²) < 4.78 is 19.7. The zero-order valence-electron chi connectivity index (χ0n) is 17.8. The van der Waals surface area contributed by atoms with Gasteiger partial charge in [0.2, 0.25) is 5.82 Å². The number of anilines is 1. The summed E-state index contributed by atoms with van der Waals surface area (Å²) in [7, 11) is 1.23. The number of hydrogen-bond donors (Lipinski definition) is 2. The largest absolute Gasteiger partial charge is 0.468 e. The number of amides is 2. The zero-order chi connectivity index (χ0) is 24.1. The minimum absolute atomic E-state index is 0.104. The molecule has 2 amide bonds. The summed E-state index contributed by atoms with van der Waals surface area (Å²) in [5.41, 5.74) is 1.14. The lowest BCUT2D eigenvalue weighted by Gasteiger charge is -2.06. The van der Waals surface area contributed by atoms with Crippen molar-refractivity contribution in [2.24, 2.45) is 0 Å². The molecule has 0 saturated carbocycles. The second-order valence-corrected chi connectivity index (χ2v) is 7.87. The third kappa shape index (κ3) is 5.15. The number of rotatable bonds is 7. The predicted molar refractivity (Wildman–Crippen MR) is 123 cm³/mol. The van der Waals surface area contributed by atoms with Gasteiger partial charge < -0.3 is 15.4 Å². The summed E-state index contributed by atoms with van der Waals surface area (Å²) in [6.45, 7) is -0.250. The fraction of sp³-hybridized carbons (Fsp3) is 0.0870. The Kier molecular flexibility index (Phi) is 6.74. The van der Waals surface area contributed by atoms with Crippen LogP contribution in [0, 0.1) is 5.82 Å². The van der Waals surface area contributed by atoms with Crippen molar-refractivity contribution in [1.82, 2.24) is 20.1 Å². The minimum Gasteiger partial charge on any atom is -0.468 e. The molecule has 0 aliphatic rings. The highest BCUT2D eigenvalue weighted by Crippen LogP contribution is 2.26. The smallest absolute Gasteiger partial charge is 0.325 e. The van der Waals surface area contributed by atoms with Crippen LogP contribution in [0.15, 0.2) is 66.0 Å². The summed E-state index contributed by atoms with van der Waals surface area (Å²) in [6, 6.07) is 15.6. The van der Waals surface area contributed by atoms with E-state index in [1.807, 2.05) is 17.5 Å². The van der Waals surface area contributed by atoms with Crippen molar-refractivity contribution in [2.45, 2.75) is 0 Å². The molecule has 9 nitrogen and oxygen atoms in total. The zero-order valence-corrected chi connectivity index (χ0v) is 18.6. The Hall–Kier alpha value is -4.38. The van der Waals surface area contributed by atoms with Crippen LogP contribution in [0.2, 0.25) is 0 Å². The van der Waals surface area contributed by atoms with Gasteiger partial charge in [0.1, 0.15) is 12.4 Å². The number of carbonyl (C=O) groups is 3. The summed E-state index contributed by atoms with van der Waals surface area (Å²) in [6.07, 6.45) is 0. The Labute approximate surface area is 197 Å². The molecule has 0 radical (unpaired) electrons. The normalized spacial score (nSPS) is 10.5. The Bertz CT molecular complexity index is 1340. The minimum atomic E-state index is -0.573. The lowest BCUT2D eigenvalue weighted by atomic mass is 10.2. The lowest BCUT2D eigenvalue weighted by Crippen LogP contribution is -2.30. The van der Waals surface area contributed by atoms with Gasteiger partial charge in [-0.1, -0.05) is 12.1 Å². The molecule has 2 aromatic carbocycles. The van der Waals surface area contributed by atoms with Gasteiger partial charge in [-0.25, -0.2) is 14.1 Å². The average Bonchev–Trinajstić information content (AvgIpc) is 3.53. The Morgan fingerprint density at radius 3 is 2.53 bits per heavy atom. The fourth-order valence-corrected chi connectivity index (χ4v) is 3.68. The van der Waals surface area contributed by atoms with E-state index in [0.717, 1.165) is 4.88 Å². The molecule has 0 fully saturated rings. The molecule has 2 N–H and O–H groups in total. The van der Waals surface area contributed by atoms with E-state index < -0.39 is 23.6 Å². The van der Waals surface area contributed by atoms with Gasteiger partial charge in [0.15, 0.2) is 5.82 Å². The van der Waals surface area contributed by atoms with Crippen molar-refractivity contribution in [3.05, 3.63) is 83.2 Å². The molecule has 2 aromatic heterocycles. The summed E-state index contributed by atoms with van der Waals surface area (Å²) in [5.74, 6) is -1.73. The maximum absolute atomic E-state index is 13.8. The highest BCUT2D eigenvalue weighted by Gasteiger charge is 2.20. The van der Waals surface area contributed by atoms with E-state index >= 15 is 0 Å². The number of aromatic nitrogens is 3. The van der Waals surface area contributed by atoms with Crippen LogP contribution in [0.4, 0.5) is 10.1 Å². The van der Waals surface area contributed by atoms with Crippen LogP contribution in [-0.4, -0.2) is 46.2 Å². The Morgan fingerprint density at radius 1 is 1.06 bits per heavy atom. The van der Waals surface area contributed by atoms with Crippen LogP contribution in [0.5, 0.6) is 0 Å². The van der Waals surface area contributed by atoms with Crippen LogP contribution in [-0.2, 0) is 9.53 Å². The van der Waals surface area contributed by atoms with Gasteiger partial charge in [-0.15, -0.1) is 16.4 Å². The molecule has 2 heterocycles. The van der Waals surface area contributed by atoms with E-state index in [-0.39, 0.29) is 12.4 Å². The standard InChI is InChI=1S/C23H18FN5O4S/c1-33-19(30)13-25-22(31)14-7-9-16(10-8-14)26-23(32)20-27-21(18-6-3-11-34-18)29(28-20)17-5-2-4-15(24)12-17/h2-12H,13H2,1H3,(H,25,31)(H,26,32). The summed E-state index contributed by atoms with van der Waals surface area (Å²) in [5, 5.41) is 11.3. The number of benzene rings is 2. The fourth-order valence-electron chi connectivity index (χ4n) is 2.98. The third-order valence-electron chi connectivity index (χ3n) is 4.63. The molecule has 0 saturated heterocycles. The molecular weight excluding hydrogens is 461 g/mol. The molecule has 0 spiro atoms. The van der Waals surface area contributed by atoms with Crippen molar-refractivity contribution in [2.75, 3.05) is 19.0 Å². The quantitative estimate of drug-likeness (QED) is 0.393. The molecule has 11 heteroatoms. The number of ether oxygens (including phenoxy) is 1. The number of methoxy groups -OCH3 is 1. The number of thiophene rings is 1. The monoisotopic (exact) mass is 479 g/mol. The van der Waals surface area contributed by atoms with Crippen molar-refractivity contribution >= 4 is 34.8 Å². The van der Waals surface area contributed by atoms with Crippen LogP contribution in [0.1, 0.15) is 21.0 Å². The highest BCUT2D eigenvalue weighted by molar-refractivity contribution is 7.13. The first-order chi connectivity index (χ1) is 16.4. The predicted octanol–water partition coefficient (Wildman–Crippen LogP) is 3.29. The second-order valence-electron chi connectivity index (χ2n) is 6.92. The number of carbonyl (C=O) groups excluding carboxylic acids is 3. The maximum Gasteiger partial charge on any atom is 0.325 e. The number of nitrogens with one attached hydrogen (secondary N) is 2. The van der Waals surface area contributed by atoms with E-state index in [1.54, 1.807) is 12.1 Å². The van der Waals surface area contributed by atoms with E-state index in [9.17, 15) is 18.8 Å². The third-order valence-corrected chi connectivity index (χ3v) is 5.50. The SMILES string of the molecule is COC(=O)CNC(=O)c1ccc(NC(=O)c2nc(-c3cccs3)n(-c3cccc(F)c3)n2)cc1. The number of hydrogen-bond acceptors (Lipinski definition) is 7. The van der Waals surface area contributed by atoms with Gasteiger partial charge in [0.05, 0.1) is 17.7 Å². The summed E-state index contributed by atoms with van der Waals surface area (Å²) >= 11 is 1.41. The molecule has 4 aromatic rings. The molecule has 0 aliphatic heterocycles.